The lowest BCUT2D eigenvalue weighted by Crippen LogP contribution is -2.38. The van der Waals surface area contributed by atoms with Gasteiger partial charge >= 0.3 is 0 Å². The molecule has 1 heterocycles. The zero-order valence-electron chi connectivity index (χ0n) is 27.1. The van der Waals surface area contributed by atoms with Crippen molar-refractivity contribution in [2.24, 2.45) is 0 Å². The van der Waals surface area contributed by atoms with Crippen LogP contribution >= 0.6 is 0 Å². The average molecular weight is 553 g/mol. The molecule has 0 amide bonds. The highest BCUT2D eigenvalue weighted by atomic mass is 15.4. The van der Waals surface area contributed by atoms with Crippen molar-refractivity contribution in [2.45, 2.75) is 187 Å². The molecule has 1 aliphatic rings. The maximum Gasteiger partial charge on any atom is 0.101 e. The second-order valence-electron chi connectivity index (χ2n) is 12.7. The van der Waals surface area contributed by atoms with Crippen LogP contribution in [-0.4, -0.2) is 22.5 Å². The molecule has 0 bridgehead atoms. The van der Waals surface area contributed by atoms with Crippen molar-refractivity contribution >= 4 is 0 Å². The molecule has 0 saturated heterocycles. The van der Waals surface area contributed by atoms with Gasteiger partial charge in [-0.3, -0.25) is 0 Å². The maximum atomic E-state index is 2.65. The van der Waals surface area contributed by atoms with E-state index in [0.717, 1.165) is 6.54 Å². The molecule has 0 aromatic heterocycles. The monoisotopic (exact) mass is 553 g/mol. The zero-order valence-corrected chi connectivity index (χ0v) is 27.1. The molecule has 0 saturated carbocycles. The molecular formula is C38H68N2. The fraction of sp³-hybridized carbons (Fsp3) is 0.789. The number of hydrogen-bond donors (Lipinski definition) is 0. The third kappa shape index (κ3) is 17.4. The van der Waals surface area contributed by atoms with Crippen molar-refractivity contribution in [1.82, 2.24) is 9.80 Å². The molecule has 2 heteroatoms. The number of benzene rings is 1. The van der Waals surface area contributed by atoms with Gasteiger partial charge in [-0.1, -0.05) is 185 Å². The molecule has 2 rings (SSSR count). The molecule has 1 unspecified atom stereocenters. The number of hydrogen-bond acceptors (Lipinski definition) is 2. The smallest absolute Gasteiger partial charge is 0.101 e. The van der Waals surface area contributed by atoms with Crippen molar-refractivity contribution < 1.29 is 0 Å². The molecule has 40 heavy (non-hydrogen) atoms. The Hall–Kier alpha value is -1.44. The largest absolute Gasteiger partial charge is 0.356 e. The standard InChI is InChI=1S/C38H68N2/c1-3-5-7-9-11-12-13-14-15-16-17-18-19-20-21-23-28-32-38-39(33-29-24-22-10-8-6-4-2)34-35-40(38)36-37-30-26-25-27-31-37/h25-27,30-31,34-35,38H,3-24,28-29,32-33,36H2,1-2H3. The van der Waals surface area contributed by atoms with Gasteiger partial charge < -0.3 is 9.80 Å². The molecule has 0 aliphatic carbocycles. The minimum absolute atomic E-state index is 0.552. The molecule has 2 nitrogen and oxygen atoms in total. The highest BCUT2D eigenvalue weighted by Gasteiger charge is 2.25. The van der Waals surface area contributed by atoms with Crippen LogP contribution in [0.15, 0.2) is 42.7 Å². The minimum atomic E-state index is 0.552. The summed E-state index contributed by atoms with van der Waals surface area (Å²) >= 11 is 0. The lowest BCUT2D eigenvalue weighted by atomic mass is 10.0. The Bertz CT molecular complexity index is 684. The Morgan fingerprint density at radius 1 is 0.450 bits per heavy atom. The summed E-state index contributed by atoms with van der Waals surface area (Å²) in [6.45, 7) is 6.87. The predicted molar refractivity (Wildman–Crippen MR) is 178 cm³/mol. The quantitative estimate of drug-likeness (QED) is 0.0954. The molecule has 1 atom stereocenters. The van der Waals surface area contributed by atoms with Crippen LogP contribution in [0, 0.1) is 0 Å². The van der Waals surface area contributed by atoms with Gasteiger partial charge in [0.1, 0.15) is 6.17 Å². The van der Waals surface area contributed by atoms with E-state index < -0.39 is 0 Å². The third-order valence-electron chi connectivity index (χ3n) is 9.01. The molecule has 0 N–H and O–H groups in total. The van der Waals surface area contributed by atoms with E-state index in [1.807, 2.05) is 0 Å². The van der Waals surface area contributed by atoms with Gasteiger partial charge in [-0.05, 0) is 24.8 Å². The van der Waals surface area contributed by atoms with Crippen LogP contribution in [0.3, 0.4) is 0 Å². The van der Waals surface area contributed by atoms with Gasteiger partial charge in [0.05, 0.1) is 0 Å². The molecule has 1 aliphatic heterocycles. The van der Waals surface area contributed by atoms with E-state index in [-0.39, 0.29) is 0 Å². The van der Waals surface area contributed by atoms with Gasteiger partial charge in [0.25, 0.3) is 0 Å². The van der Waals surface area contributed by atoms with Crippen molar-refractivity contribution in [1.29, 1.82) is 0 Å². The van der Waals surface area contributed by atoms with Crippen molar-refractivity contribution in [3.8, 4) is 0 Å². The van der Waals surface area contributed by atoms with Gasteiger partial charge in [0.2, 0.25) is 0 Å². The Morgan fingerprint density at radius 2 is 0.850 bits per heavy atom. The molecular weight excluding hydrogens is 484 g/mol. The Balaban J connectivity index is 1.52. The summed E-state index contributed by atoms with van der Waals surface area (Å²) in [5.74, 6) is 0. The van der Waals surface area contributed by atoms with Gasteiger partial charge in [-0.2, -0.15) is 0 Å². The minimum Gasteiger partial charge on any atom is -0.356 e. The van der Waals surface area contributed by atoms with E-state index in [1.54, 1.807) is 0 Å². The van der Waals surface area contributed by atoms with E-state index in [1.165, 1.54) is 173 Å². The van der Waals surface area contributed by atoms with E-state index in [2.05, 4.69) is 66.4 Å². The van der Waals surface area contributed by atoms with E-state index in [9.17, 15) is 0 Å². The Labute approximate surface area is 251 Å². The van der Waals surface area contributed by atoms with E-state index in [4.69, 9.17) is 0 Å². The predicted octanol–water partition coefficient (Wildman–Crippen LogP) is 12.4. The fourth-order valence-electron chi connectivity index (χ4n) is 6.37. The molecule has 0 spiro atoms. The summed E-state index contributed by atoms with van der Waals surface area (Å²) in [6.07, 6.45) is 40.9. The molecule has 1 aromatic carbocycles. The topological polar surface area (TPSA) is 6.48 Å². The normalized spacial score (nSPS) is 15.0. The second kappa shape index (κ2) is 25.3. The number of nitrogens with zero attached hydrogens (tertiary/aromatic N) is 2. The highest BCUT2D eigenvalue weighted by Crippen LogP contribution is 2.25. The van der Waals surface area contributed by atoms with Crippen LogP contribution in [-0.2, 0) is 6.54 Å². The van der Waals surface area contributed by atoms with E-state index in [0.29, 0.717) is 6.17 Å². The van der Waals surface area contributed by atoms with Crippen molar-refractivity contribution in [3.05, 3.63) is 48.3 Å². The first-order valence-electron chi connectivity index (χ1n) is 18.1. The van der Waals surface area contributed by atoms with Crippen LogP contribution in [0.4, 0.5) is 0 Å². The average Bonchev–Trinajstić information content (AvgIpc) is 3.35. The summed E-state index contributed by atoms with van der Waals surface area (Å²) in [5, 5.41) is 0. The Kier molecular flexibility index (Phi) is 22.0. The molecule has 0 fully saturated rings. The van der Waals surface area contributed by atoms with Crippen molar-refractivity contribution in [2.75, 3.05) is 6.54 Å². The molecule has 0 radical (unpaired) electrons. The lowest BCUT2D eigenvalue weighted by molar-refractivity contribution is 0.132. The van der Waals surface area contributed by atoms with Crippen LogP contribution < -0.4 is 0 Å². The van der Waals surface area contributed by atoms with Gasteiger partial charge in [0.15, 0.2) is 0 Å². The fourth-order valence-corrected chi connectivity index (χ4v) is 6.37. The summed E-state index contributed by atoms with van der Waals surface area (Å²) in [7, 11) is 0. The van der Waals surface area contributed by atoms with Crippen molar-refractivity contribution in [3.63, 3.8) is 0 Å². The lowest BCUT2D eigenvalue weighted by Gasteiger charge is -2.33. The third-order valence-corrected chi connectivity index (χ3v) is 9.01. The highest BCUT2D eigenvalue weighted by molar-refractivity contribution is 5.16. The SMILES string of the molecule is CCCCCCCCCCCCCCCCCCCC1N(CCCCCCCCC)C=CN1Cc1ccccc1. The summed E-state index contributed by atoms with van der Waals surface area (Å²) in [6, 6.07) is 11.0. The first-order chi connectivity index (χ1) is 19.8. The van der Waals surface area contributed by atoms with Gasteiger partial charge in [-0.25, -0.2) is 0 Å². The summed E-state index contributed by atoms with van der Waals surface area (Å²) in [5.41, 5.74) is 1.43. The summed E-state index contributed by atoms with van der Waals surface area (Å²) in [4.78, 5) is 5.25. The Morgan fingerprint density at radius 3 is 1.32 bits per heavy atom. The number of unbranched alkanes of at least 4 members (excludes halogenated alkanes) is 22. The van der Waals surface area contributed by atoms with E-state index >= 15 is 0 Å². The van der Waals surface area contributed by atoms with Crippen LogP contribution in [0.25, 0.3) is 0 Å². The first kappa shape index (κ1) is 34.8. The van der Waals surface area contributed by atoms with Gasteiger partial charge in [0, 0.05) is 25.5 Å². The van der Waals surface area contributed by atoms with Crippen LogP contribution in [0.5, 0.6) is 0 Å². The van der Waals surface area contributed by atoms with Gasteiger partial charge in [-0.15, -0.1) is 0 Å². The first-order valence-corrected chi connectivity index (χ1v) is 18.1. The van der Waals surface area contributed by atoms with Crippen LogP contribution in [0.2, 0.25) is 0 Å². The second-order valence-corrected chi connectivity index (χ2v) is 12.7. The molecule has 230 valence electrons. The molecule has 1 aromatic rings. The number of rotatable bonds is 28. The maximum absolute atomic E-state index is 2.65. The van der Waals surface area contributed by atoms with Crippen LogP contribution in [0.1, 0.15) is 180 Å². The zero-order chi connectivity index (χ0) is 28.4. The summed E-state index contributed by atoms with van der Waals surface area (Å²) < 4.78 is 0.